The third kappa shape index (κ3) is 5.85. The molecular weight excluding hydrogens is 453 g/mol. The molecule has 0 unspecified atom stereocenters. The fourth-order valence-electron chi connectivity index (χ4n) is 2.47. The van der Waals surface area contributed by atoms with Crippen molar-refractivity contribution in [3.63, 3.8) is 0 Å². The zero-order chi connectivity index (χ0) is 20.9. The number of benzene rings is 2. The van der Waals surface area contributed by atoms with Gasteiger partial charge in [0.2, 0.25) is 15.9 Å². The van der Waals surface area contributed by atoms with Gasteiger partial charge in [0, 0.05) is 23.1 Å². The summed E-state index contributed by atoms with van der Waals surface area (Å²) in [4.78, 5) is 24.1. The largest absolute Gasteiger partial charge is 0.351 e. The molecule has 28 heavy (non-hydrogen) atoms. The molecule has 0 saturated heterocycles. The van der Waals surface area contributed by atoms with E-state index in [0.717, 1.165) is 6.07 Å². The molecule has 0 aromatic heterocycles. The van der Waals surface area contributed by atoms with Gasteiger partial charge in [-0.15, -0.1) is 0 Å². The van der Waals surface area contributed by atoms with E-state index in [2.05, 4.69) is 26.6 Å². The van der Waals surface area contributed by atoms with Gasteiger partial charge in [0.15, 0.2) is 0 Å². The molecule has 4 N–H and O–H groups in total. The average molecular weight is 472 g/mol. The van der Waals surface area contributed by atoms with Gasteiger partial charge in [0.25, 0.3) is 5.91 Å². The monoisotopic (exact) mass is 471 g/mol. The molecule has 0 aliphatic carbocycles. The molecule has 7 nitrogen and oxygen atoms in total. The number of amides is 2. The maximum atomic E-state index is 13.3. The van der Waals surface area contributed by atoms with Crippen LogP contribution >= 0.6 is 15.9 Å². The summed E-state index contributed by atoms with van der Waals surface area (Å²) in [6, 6.07) is 8.18. The van der Waals surface area contributed by atoms with E-state index in [1.807, 2.05) is 0 Å². The Kier molecular flexibility index (Phi) is 7.28. The molecule has 0 bridgehead atoms. The summed E-state index contributed by atoms with van der Waals surface area (Å²) in [7, 11) is -3.91. The van der Waals surface area contributed by atoms with E-state index in [9.17, 15) is 22.4 Å². The zero-order valence-corrected chi connectivity index (χ0v) is 17.4. The highest BCUT2D eigenvalue weighted by Crippen LogP contribution is 2.20. The molecule has 2 rings (SSSR count). The number of primary sulfonamides is 1. The van der Waals surface area contributed by atoms with E-state index in [1.54, 1.807) is 19.1 Å². The van der Waals surface area contributed by atoms with Gasteiger partial charge in [-0.2, -0.15) is 0 Å². The normalized spacial score (nSPS) is 11.1. The lowest BCUT2D eigenvalue weighted by atomic mass is 10.1. The topological polar surface area (TPSA) is 118 Å². The van der Waals surface area contributed by atoms with Crippen molar-refractivity contribution in [2.45, 2.75) is 24.7 Å². The van der Waals surface area contributed by atoms with Crippen molar-refractivity contribution in [2.75, 3.05) is 11.9 Å². The molecule has 2 aromatic rings. The molecule has 0 aliphatic rings. The number of hydrogen-bond donors (Lipinski definition) is 3. The van der Waals surface area contributed by atoms with Gasteiger partial charge in [-0.3, -0.25) is 9.59 Å². The Morgan fingerprint density at radius 1 is 1.18 bits per heavy atom. The predicted octanol–water partition coefficient (Wildman–Crippen LogP) is 2.56. The maximum absolute atomic E-state index is 13.3. The number of carbonyl (C=O) groups excluding carboxylic acids is 2. The van der Waals surface area contributed by atoms with Crippen LogP contribution in [0.3, 0.4) is 0 Å². The van der Waals surface area contributed by atoms with Gasteiger partial charge in [0.1, 0.15) is 5.82 Å². The minimum atomic E-state index is -3.91. The van der Waals surface area contributed by atoms with Crippen LogP contribution in [0, 0.1) is 5.82 Å². The molecule has 150 valence electrons. The van der Waals surface area contributed by atoms with Crippen LogP contribution in [0.15, 0.2) is 45.8 Å². The first-order valence-corrected chi connectivity index (χ1v) is 10.6. The highest BCUT2D eigenvalue weighted by Gasteiger charge is 2.15. The quantitative estimate of drug-likeness (QED) is 0.574. The highest BCUT2D eigenvalue weighted by molar-refractivity contribution is 9.10. The second-order valence-corrected chi connectivity index (χ2v) is 8.28. The second kappa shape index (κ2) is 9.26. The second-order valence-electron chi connectivity index (χ2n) is 5.90. The zero-order valence-electron chi connectivity index (χ0n) is 15.0. The Balaban J connectivity index is 1.96. The first-order chi connectivity index (χ1) is 13.1. The predicted molar refractivity (Wildman–Crippen MR) is 107 cm³/mol. The van der Waals surface area contributed by atoms with Crippen LogP contribution in [-0.4, -0.2) is 26.8 Å². The Hall–Kier alpha value is -2.30. The molecule has 0 fully saturated rings. The van der Waals surface area contributed by atoms with E-state index in [1.165, 1.54) is 18.2 Å². The minimum absolute atomic E-state index is 0.0166. The van der Waals surface area contributed by atoms with E-state index in [-0.39, 0.29) is 29.1 Å². The van der Waals surface area contributed by atoms with Crippen LogP contribution in [0.5, 0.6) is 0 Å². The molecule has 2 amide bonds. The summed E-state index contributed by atoms with van der Waals surface area (Å²) in [5, 5.41) is 10.3. The third-order valence-electron chi connectivity index (χ3n) is 3.85. The van der Waals surface area contributed by atoms with Gasteiger partial charge < -0.3 is 10.6 Å². The molecule has 2 aromatic carbocycles. The third-order valence-corrected chi connectivity index (χ3v) is 5.53. The maximum Gasteiger partial charge on any atom is 0.252 e. The van der Waals surface area contributed by atoms with E-state index in [4.69, 9.17) is 5.14 Å². The summed E-state index contributed by atoms with van der Waals surface area (Å²) in [5.41, 5.74) is 0.951. The van der Waals surface area contributed by atoms with Crippen molar-refractivity contribution >= 4 is 43.5 Å². The Labute approximate surface area is 170 Å². The lowest BCUT2D eigenvalue weighted by molar-refractivity contribution is -0.116. The fraction of sp³-hybridized carbons (Fsp3) is 0.222. The van der Waals surface area contributed by atoms with Crippen LogP contribution in [0.2, 0.25) is 0 Å². The smallest absolute Gasteiger partial charge is 0.252 e. The Morgan fingerprint density at radius 3 is 2.54 bits per heavy atom. The first-order valence-electron chi connectivity index (χ1n) is 8.30. The van der Waals surface area contributed by atoms with Gasteiger partial charge in [-0.05, 0) is 58.2 Å². The molecule has 0 spiro atoms. The average Bonchev–Trinajstić information content (AvgIpc) is 2.62. The molecule has 0 atom stereocenters. The standard InChI is InChI=1S/C18H19BrFN3O4S/c1-2-11-3-5-13(10-16(11)28(21,26)27)23-17(24)7-8-22-18(25)14-9-12(20)4-6-15(14)19/h3-6,9-10H,2,7-8H2,1H3,(H,22,25)(H,23,24)(H2,21,26,27). The lowest BCUT2D eigenvalue weighted by Gasteiger charge is -2.11. The number of carbonyl (C=O) groups is 2. The van der Waals surface area contributed by atoms with Crippen molar-refractivity contribution in [3.05, 3.63) is 57.8 Å². The number of nitrogens with two attached hydrogens (primary N) is 1. The van der Waals surface area contributed by atoms with E-state index < -0.39 is 27.7 Å². The molecule has 0 aliphatic heterocycles. The fourth-order valence-corrected chi connectivity index (χ4v) is 3.76. The Bertz CT molecular complexity index is 1010. The molecule has 0 saturated carbocycles. The summed E-state index contributed by atoms with van der Waals surface area (Å²) < 4.78 is 37.0. The minimum Gasteiger partial charge on any atom is -0.351 e. The van der Waals surface area contributed by atoms with Gasteiger partial charge in [-0.25, -0.2) is 17.9 Å². The number of hydrogen-bond acceptors (Lipinski definition) is 4. The number of rotatable bonds is 7. The number of anilines is 1. The van der Waals surface area contributed by atoms with Crippen LogP contribution in [0.1, 0.15) is 29.3 Å². The molecule has 10 heteroatoms. The van der Waals surface area contributed by atoms with Crippen LogP contribution in [0.4, 0.5) is 10.1 Å². The van der Waals surface area contributed by atoms with E-state index in [0.29, 0.717) is 16.5 Å². The van der Waals surface area contributed by atoms with Gasteiger partial charge in [-0.1, -0.05) is 13.0 Å². The van der Waals surface area contributed by atoms with Crippen molar-refractivity contribution < 1.29 is 22.4 Å². The Morgan fingerprint density at radius 2 is 1.89 bits per heavy atom. The van der Waals surface area contributed by atoms with Gasteiger partial charge in [0.05, 0.1) is 10.5 Å². The SMILES string of the molecule is CCc1ccc(NC(=O)CCNC(=O)c2cc(F)ccc2Br)cc1S(N)(=O)=O. The van der Waals surface area contributed by atoms with Crippen molar-refractivity contribution in [1.82, 2.24) is 5.32 Å². The number of aryl methyl sites for hydroxylation is 1. The van der Waals surface area contributed by atoms with Crippen molar-refractivity contribution in [1.29, 1.82) is 0 Å². The van der Waals surface area contributed by atoms with Crippen LogP contribution in [0.25, 0.3) is 0 Å². The van der Waals surface area contributed by atoms with Crippen molar-refractivity contribution in [3.8, 4) is 0 Å². The van der Waals surface area contributed by atoms with Gasteiger partial charge >= 0.3 is 0 Å². The number of sulfonamides is 1. The molecule has 0 heterocycles. The van der Waals surface area contributed by atoms with Crippen molar-refractivity contribution in [2.24, 2.45) is 5.14 Å². The summed E-state index contributed by atoms with van der Waals surface area (Å²) in [5.74, 6) is -1.50. The summed E-state index contributed by atoms with van der Waals surface area (Å²) in [6.45, 7) is 1.81. The highest BCUT2D eigenvalue weighted by atomic mass is 79.9. The molecule has 0 radical (unpaired) electrons. The first kappa shape index (κ1) is 22.0. The lowest BCUT2D eigenvalue weighted by Crippen LogP contribution is -2.28. The summed E-state index contributed by atoms with van der Waals surface area (Å²) >= 11 is 3.16. The van der Waals surface area contributed by atoms with Crippen LogP contribution in [-0.2, 0) is 21.2 Å². The van der Waals surface area contributed by atoms with E-state index >= 15 is 0 Å². The number of nitrogens with one attached hydrogen (secondary N) is 2. The summed E-state index contributed by atoms with van der Waals surface area (Å²) in [6.07, 6.45) is 0.417. The van der Waals surface area contributed by atoms with Crippen LogP contribution < -0.4 is 15.8 Å². The number of halogens is 2. The molecular formula is C18H19BrFN3O4S.